The highest BCUT2D eigenvalue weighted by Crippen LogP contribution is 2.26. The average molecular weight is 292 g/mol. The monoisotopic (exact) mass is 292 g/mol. The highest BCUT2D eigenvalue weighted by Gasteiger charge is 2.27. The maximum Gasteiger partial charge on any atom is 0.278 e. The summed E-state index contributed by atoms with van der Waals surface area (Å²) in [5.41, 5.74) is 2.24. The number of aryl methyl sites for hydroxylation is 1. The van der Waals surface area contributed by atoms with Crippen LogP contribution in [0.5, 0.6) is 0 Å². The summed E-state index contributed by atoms with van der Waals surface area (Å²) in [6.45, 7) is 9.26. The van der Waals surface area contributed by atoms with E-state index in [2.05, 4.69) is 22.1 Å². The Morgan fingerprint density at radius 2 is 2.19 bits per heavy atom. The summed E-state index contributed by atoms with van der Waals surface area (Å²) in [7, 11) is 0. The van der Waals surface area contributed by atoms with Crippen LogP contribution in [0.3, 0.4) is 0 Å². The Kier molecular flexibility index (Phi) is 5.25. The van der Waals surface area contributed by atoms with Gasteiger partial charge in [0, 0.05) is 43.0 Å². The molecule has 1 saturated carbocycles. The molecule has 6 nitrogen and oxygen atoms in total. The van der Waals surface area contributed by atoms with Gasteiger partial charge in [0.1, 0.15) is 0 Å². The van der Waals surface area contributed by atoms with E-state index in [1.54, 1.807) is 20.0 Å². The van der Waals surface area contributed by atoms with Gasteiger partial charge in [0.05, 0.1) is 10.6 Å². The van der Waals surface area contributed by atoms with Crippen LogP contribution >= 0.6 is 0 Å². The molecule has 0 spiro atoms. The molecule has 0 atom stereocenters. The molecule has 1 N–H and O–H groups in total. The molecule has 0 unspecified atom stereocenters. The number of likely N-dealkylation sites (N-methyl/N-ethyl adjacent to an activating group) is 1. The minimum atomic E-state index is -0.318. The van der Waals surface area contributed by atoms with E-state index in [1.807, 2.05) is 0 Å². The number of rotatable bonds is 8. The quantitative estimate of drug-likeness (QED) is 0.452. The third-order valence-electron chi connectivity index (χ3n) is 4.10. The van der Waals surface area contributed by atoms with Crippen LogP contribution in [0.4, 0.5) is 5.69 Å². The zero-order chi connectivity index (χ0) is 15.4. The van der Waals surface area contributed by atoms with Gasteiger partial charge in [-0.25, -0.2) is 0 Å². The van der Waals surface area contributed by atoms with E-state index in [1.165, 1.54) is 12.8 Å². The van der Waals surface area contributed by atoms with Crippen LogP contribution in [0.25, 0.3) is 0 Å². The largest absolute Gasteiger partial charge is 0.310 e. The number of nitrogens with zero attached hydrogens (tertiary/aromatic N) is 3. The Morgan fingerprint density at radius 3 is 2.76 bits per heavy atom. The summed E-state index contributed by atoms with van der Waals surface area (Å²) >= 11 is 0. The lowest BCUT2D eigenvalue weighted by atomic mass is 10.1. The number of hydrogen-bond donors (Lipinski definition) is 1. The van der Waals surface area contributed by atoms with Crippen molar-refractivity contribution in [3.05, 3.63) is 33.1 Å². The van der Waals surface area contributed by atoms with Gasteiger partial charge in [-0.15, -0.1) is 0 Å². The van der Waals surface area contributed by atoms with Gasteiger partial charge >= 0.3 is 0 Å². The standard InChI is InChI=1S/C15H24N4O2/c1-4-18(13-5-6-13)8-7-16-10-14-12(3)15(19(20)21)11(2)9-17-14/h9,13,16H,4-8,10H2,1-3H3. The molecular formula is C15H24N4O2. The number of hydrogen-bond acceptors (Lipinski definition) is 5. The molecule has 1 aromatic rings. The molecule has 1 heterocycles. The maximum atomic E-state index is 11.1. The number of aromatic nitrogens is 1. The highest BCUT2D eigenvalue weighted by atomic mass is 16.6. The van der Waals surface area contributed by atoms with Gasteiger partial charge < -0.3 is 5.32 Å². The Labute approximate surface area is 125 Å². The Bertz CT molecular complexity index is 515. The zero-order valence-corrected chi connectivity index (χ0v) is 13.1. The van der Waals surface area contributed by atoms with Crippen molar-refractivity contribution in [3.8, 4) is 0 Å². The molecule has 6 heteroatoms. The van der Waals surface area contributed by atoms with Crippen LogP contribution in [0.15, 0.2) is 6.20 Å². The minimum absolute atomic E-state index is 0.190. The molecule has 0 aromatic carbocycles. The fourth-order valence-electron chi connectivity index (χ4n) is 2.69. The van der Waals surface area contributed by atoms with Crippen molar-refractivity contribution in [2.24, 2.45) is 0 Å². The summed E-state index contributed by atoms with van der Waals surface area (Å²) in [4.78, 5) is 17.6. The van der Waals surface area contributed by atoms with E-state index >= 15 is 0 Å². The lowest BCUT2D eigenvalue weighted by Gasteiger charge is -2.19. The fourth-order valence-corrected chi connectivity index (χ4v) is 2.69. The second kappa shape index (κ2) is 6.95. The first-order valence-corrected chi connectivity index (χ1v) is 7.58. The van der Waals surface area contributed by atoms with Gasteiger partial charge in [0.2, 0.25) is 0 Å². The first-order valence-electron chi connectivity index (χ1n) is 7.58. The molecule has 21 heavy (non-hydrogen) atoms. The summed E-state index contributed by atoms with van der Waals surface area (Å²) in [6.07, 6.45) is 4.22. The van der Waals surface area contributed by atoms with Gasteiger partial charge in [-0.3, -0.25) is 20.0 Å². The number of nitrogens with one attached hydrogen (secondary N) is 1. The summed E-state index contributed by atoms with van der Waals surface area (Å²) < 4.78 is 0. The molecule has 116 valence electrons. The second-order valence-corrected chi connectivity index (χ2v) is 5.66. The first kappa shape index (κ1) is 15.9. The van der Waals surface area contributed by atoms with E-state index in [4.69, 9.17) is 0 Å². The van der Waals surface area contributed by atoms with Crippen molar-refractivity contribution >= 4 is 5.69 Å². The topological polar surface area (TPSA) is 71.3 Å². The predicted octanol–water partition coefficient (Wildman–Crippen LogP) is 2.18. The molecule has 1 aliphatic carbocycles. The summed E-state index contributed by atoms with van der Waals surface area (Å²) in [5.74, 6) is 0. The zero-order valence-electron chi connectivity index (χ0n) is 13.1. The van der Waals surface area contributed by atoms with Crippen LogP contribution in [0.1, 0.15) is 36.6 Å². The molecule has 0 amide bonds. The third-order valence-corrected chi connectivity index (χ3v) is 4.10. The van der Waals surface area contributed by atoms with E-state index in [9.17, 15) is 10.1 Å². The third kappa shape index (κ3) is 3.98. The van der Waals surface area contributed by atoms with Crippen molar-refractivity contribution < 1.29 is 4.92 Å². The van der Waals surface area contributed by atoms with E-state index in [0.29, 0.717) is 17.7 Å². The van der Waals surface area contributed by atoms with Crippen LogP contribution in [0, 0.1) is 24.0 Å². The Morgan fingerprint density at radius 1 is 1.48 bits per heavy atom. The molecular weight excluding hydrogens is 268 g/mol. The summed E-state index contributed by atoms with van der Waals surface area (Å²) in [5, 5.41) is 14.4. The van der Waals surface area contributed by atoms with Crippen LogP contribution < -0.4 is 5.32 Å². The SMILES string of the molecule is CCN(CCNCc1ncc(C)c([N+](=O)[O-])c1C)C1CC1. The maximum absolute atomic E-state index is 11.1. The normalized spacial score (nSPS) is 14.7. The van der Waals surface area contributed by atoms with Gasteiger partial charge in [-0.1, -0.05) is 6.92 Å². The molecule has 1 aromatic heterocycles. The molecule has 0 aliphatic heterocycles. The molecule has 1 aliphatic rings. The van der Waals surface area contributed by atoms with Crippen LogP contribution in [-0.2, 0) is 6.54 Å². The molecule has 1 fully saturated rings. The van der Waals surface area contributed by atoms with Gasteiger partial charge in [-0.05, 0) is 33.2 Å². The number of pyridine rings is 1. The van der Waals surface area contributed by atoms with E-state index < -0.39 is 0 Å². The lowest BCUT2D eigenvalue weighted by Crippen LogP contribution is -2.33. The summed E-state index contributed by atoms with van der Waals surface area (Å²) in [6, 6.07) is 0.775. The fraction of sp³-hybridized carbons (Fsp3) is 0.667. The van der Waals surface area contributed by atoms with Crippen molar-refractivity contribution in [1.82, 2.24) is 15.2 Å². The van der Waals surface area contributed by atoms with Gasteiger partial charge in [-0.2, -0.15) is 0 Å². The van der Waals surface area contributed by atoms with E-state index in [-0.39, 0.29) is 10.6 Å². The average Bonchev–Trinajstić information content (AvgIpc) is 3.25. The first-order chi connectivity index (χ1) is 10.0. The van der Waals surface area contributed by atoms with Gasteiger partial charge in [0.15, 0.2) is 0 Å². The predicted molar refractivity (Wildman–Crippen MR) is 82.3 cm³/mol. The molecule has 0 bridgehead atoms. The van der Waals surface area contributed by atoms with Gasteiger partial charge in [0.25, 0.3) is 5.69 Å². The van der Waals surface area contributed by atoms with Crippen molar-refractivity contribution in [1.29, 1.82) is 0 Å². The van der Waals surface area contributed by atoms with Crippen molar-refractivity contribution in [2.45, 2.75) is 46.2 Å². The second-order valence-electron chi connectivity index (χ2n) is 5.66. The van der Waals surface area contributed by atoms with Crippen LogP contribution in [-0.4, -0.2) is 40.5 Å². The Balaban J connectivity index is 1.88. The van der Waals surface area contributed by atoms with Crippen LogP contribution in [0.2, 0.25) is 0 Å². The molecule has 0 radical (unpaired) electrons. The molecule has 0 saturated heterocycles. The lowest BCUT2D eigenvalue weighted by molar-refractivity contribution is -0.386. The van der Waals surface area contributed by atoms with Crippen molar-refractivity contribution in [2.75, 3.05) is 19.6 Å². The smallest absolute Gasteiger partial charge is 0.278 e. The number of nitro groups is 1. The van der Waals surface area contributed by atoms with E-state index in [0.717, 1.165) is 31.4 Å². The minimum Gasteiger partial charge on any atom is -0.310 e. The van der Waals surface area contributed by atoms with Crippen molar-refractivity contribution in [3.63, 3.8) is 0 Å². The molecule has 2 rings (SSSR count). The highest BCUT2D eigenvalue weighted by molar-refractivity contribution is 5.47. The Hall–Kier alpha value is -1.53.